The summed E-state index contributed by atoms with van der Waals surface area (Å²) in [7, 11) is -1.94. The summed E-state index contributed by atoms with van der Waals surface area (Å²) in [5.41, 5.74) is -0.215. The third-order valence-electron chi connectivity index (χ3n) is 6.81. The molecule has 0 radical (unpaired) electrons. The number of alkyl halides is 6. The molecule has 0 spiro atoms. The minimum absolute atomic E-state index is 0. The molecule has 9 heteroatoms. The van der Waals surface area contributed by atoms with Gasteiger partial charge in [0.15, 0.2) is 0 Å². The zero-order chi connectivity index (χ0) is 31.5. The van der Waals surface area contributed by atoms with E-state index in [-0.39, 0.29) is 33.0 Å². The molecule has 0 saturated carbocycles. The summed E-state index contributed by atoms with van der Waals surface area (Å²) >= 11 is 0. The van der Waals surface area contributed by atoms with Crippen LogP contribution in [-0.2, 0) is 29.4 Å². The molecule has 0 nitrogen and oxygen atoms in total. The van der Waals surface area contributed by atoms with Crippen LogP contribution in [-0.4, -0.2) is 10.3 Å². The van der Waals surface area contributed by atoms with Crippen molar-refractivity contribution in [2.24, 2.45) is 0 Å². The van der Waals surface area contributed by atoms with Gasteiger partial charge in [0, 0.05) is 0 Å². The van der Waals surface area contributed by atoms with Crippen LogP contribution < -0.4 is 15.9 Å². The molecule has 0 unspecified atom stereocenters. The van der Waals surface area contributed by atoms with Gasteiger partial charge in [-0.3, -0.25) is 0 Å². The van der Waals surface area contributed by atoms with Crippen LogP contribution in [0.5, 0.6) is 0 Å². The number of hydrogen-bond acceptors (Lipinski definition) is 0. The van der Waals surface area contributed by atoms with Crippen LogP contribution in [0.25, 0.3) is 0 Å². The summed E-state index contributed by atoms with van der Waals surface area (Å²) in [4.78, 5) is 0. The van der Waals surface area contributed by atoms with Gasteiger partial charge in [-0.2, -0.15) is 50.6 Å². The summed E-state index contributed by atoms with van der Waals surface area (Å²) in [5.74, 6) is 0. The van der Waals surface area contributed by atoms with Crippen molar-refractivity contribution in [3.63, 3.8) is 0 Å². The van der Waals surface area contributed by atoms with Crippen LogP contribution >= 0.6 is 15.8 Å². The Kier molecular flexibility index (Phi) is 12.5. The Balaban J connectivity index is 0.000000973. The van der Waals surface area contributed by atoms with Gasteiger partial charge < -0.3 is 0 Å². The van der Waals surface area contributed by atoms with Crippen LogP contribution in [0.4, 0.5) is 26.3 Å². The van der Waals surface area contributed by atoms with Gasteiger partial charge in [0.1, 0.15) is 0 Å². The van der Waals surface area contributed by atoms with E-state index in [9.17, 15) is 26.3 Å². The van der Waals surface area contributed by atoms with E-state index in [2.05, 4.69) is 54.5 Å². The predicted octanol–water partition coefficient (Wildman–Crippen LogP) is 10.7. The van der Waals surface area contributed by atoms with E-state index in [4.69, 9.17) is 0 Å². The molecule has 0 aliphatic carbocycles. The van der Waals surface area contributed by atoms with E-state index in [0.29, 0.717) is 10.6 Å². The Morgan fingerprint density at radius 3 is 1.33 bits per heavy atom. The van der Waals surface area contributed by atoms with Crippen LogP contribution in [0.2, 0.25) is 0 Å². The van der Waals surface area contributed by atoms with Gasteiger partial charge in [-0.15, -0.1) is 18.8 Å². The van der Waals surface area contributed by atoms with Crippen LogP contribution in [0, 0.1) is 0 Å². The van der Waals surface area contributed by atoms with E-state index in [0.717, 1.165) is 35.1 Å². The molecule has 0 N–H and O–H groups in total. The fraction of sp³-hybridized carbons (Fsp3) is 0.353. The van der Waals surface area contributed by atoms with E-state index in [1.807, 2.05) is 42.5 Å². The topological polar surface area (TPSA) is 0 Å². The van der Waals surface area contributed by atoms with Gasteiger partial charge in [-0.25, -0.2) is 24.3 Å². The Labute approximate surface area is 265 Å². The number of hydrogen-bond donors (Lipinski definition) is 0. The van der Waals surface area contributed by atoms with Crippen molar-refractivity contribution >= 4 is 31.8 Å². The average molecular weight is 678 g/mol. The maximum Gasteiger partial charge on any atom is 2.00 e. The molecule has 234 valence electrons. The van der Waals surface area contributed by atoms with Crippen molar-refractivity contribution in [1.82, 2.24) is 0 Å². The SMILES string of the molecule is C[C@@H]([c-]1cccc1P(c1ccc(C(F)(F)F)cc1)c1ccc(C(F)(F)F)cc1)P(C(C)(C)C)C(C)(C)C.[Fe+2].c1cc[cH-]c1. The quantitative estimate of drug-likeness (QED) is 0.0853. The van der Waals surface area contributed by atoms with Crippen molar-refractivity contribution in [2.45, 2.75) is 76.8 Å². The first-order valence-corrected chi connectivity index (χ1v) is 16.4. The molecular weight excluding hydrogens is 640 g/mol. The molecule has 4 rings (SSSR count). The summed E-state index contributed by atoms with van der Waals surface area (Å²) in [5, 5.41) is 2.37. The van der Waals surface area contributed by atoms with Gasteiger partial charge in [-0.1, -0.05) is 72.7 Å². The van der Waals surface area contributed by atoms with Crippen LogP contribution in [0.15, 0.2) is 97.1 Å². The van der Waals surface area contributed by atoms with Gasteiger partial charge >= 0.3 is 29.4 Å². The van der Waals surface area contributed by atoms with Crippen LogP contribution in [0.3, 0.4) is 0 Å². The Hall–Kier alpha value is -1.90. The minimum Gasteiger partial charge on any atom is -0.214 e. The second-order valence-electron chi connectivity index (χ2n) is 12.1. The molecule has 1 atom stereocenters. The molecule has 0 aliphatic heterocycles. The van der Waals surface area contributed by atoms with Crippen molar-refractivity contribution in [1.29, 1.82) is 0 Å². The standard InChI is InChI=1S/C29H33F6P2.C5H5.Fe/c1-19(37(26(2,3)4)27(5,6)7)24-9-8-10-25(24)36(22-15-11-20(12-16-22)28(30,31)32)23-17-13-21(14-18-23)29(33,34)35;1-2-4-5-3-1;/h8-19H,1-7H3;1-5H;/q2*-1;+2/t19-;;/m0../s1. The molecule has 4 aromatic carbocycles. The number of benzene rings is 2. The molecule has 0 fully saturated rings. The predicted molar refractivity (Wildman–Crippen MR) is 168 cm³/mol. The fourth-order valence-electron chi connectivity index (χ4n) is 5.64. The summed E-state index contributed by atoms with van der Waals surface area (Å²) in [6.45, 7) is 15.6. The van der Waals surface area contributed by atoms with Gasteiger partial charge in [0.25, 0.3) is 0 Å². The maximum absolute atomic E-state index is 13.3. The second kappa shape index (κ2) is 14.5. The molecule has 0 aliphatic rings. The van der Waals surface area contributed by atoms with Crippen molar-refractivity contribution < 1.29 is 43.4 Å². The Bertz CT molecular complexity index is 1280. The maximum atomic E-state index is 13.3. The molecule has 0 amide bonds. The Morgan fingerprint density at radius 2 is 1.02 bits per heavy atom. The van der Waals surface area contributed by atoms with Crippen molar-refractivity contribution in [2.75, 3.05) is 0 Å². The number of halogens is 6. The summed E-state index contributed by atoms with van der Waals surface area (Å²) in [6.07, 6.45) is -8.93. The largest absolute Gasteiger partial charge is 2.00 e. The second-order valence-corrected chi connectivity index (χ2v) is 18.5. The molecule has 43 heavy (non-hydrogen) atoms. The first-order valence-electron chi connectivity index (χ1n) is 13.7. The molecular formula is C34H38F6FeP2. The zero-order valence-electron chi connectivity index (χ0n) is 25.3. The molecule has 0 saturated heterocycles. The molecule has 4 aromatic rings. The third kappa shape index (κ3) is 9.79. The van der Waals surface area contributed by atoms with E-state index < -0.39 is 39.3 Å². The summed E-state index contributed by atoms with van der Waals surface area (Å²) < 4.78 is 79.5. The first kappa shape index (κ1) is 37.3. The molecule has 0 aromatic heterocycles. The van der Waals surface area contributed by atoms with Gasteiger partial charge in [0.05, 0.1) is 11.1 Å². The normalized spacial score (nSPS) is 13.4. The third-order valence-corrected chi connectivity index (χ3v) is 13.3. The summed E-state index contributed by atoms with van der Waals surface area (Å²) in [6, 6.07) is 26.1. The minimum atomic E-state index is -4.47. The van der Waals surface area contributed by atoms with Crippen molar-refractivity contribution in [3.05, 3.63) is 114 Å². The van der Waals surface area contributed by atoms with Gasteiger partial charge in [-0.05, 0) is 58.8 Å². The van der Waals surface area contributed by atoms with Crippen molar-refractivity contribution in [3.8, 4) is 0 Å². The average Bonchev–Trinajstić information content (AvgIpc) is 3.58. The zero-order valence-corrected chi connectivity index (χ0v) is 28.2. The molecule has 0 heterocycles. The van der Waals surface area contributed by atoms with E-state index in [1.54, 1.807) is 0 Å². The smallest absolute Gasteiger partial charge is 0.214 e. The number of rotatable bonds is 5. The Morgan fingerprint density at radius 1 is 0.628 bits per heavy atom. The fourth-order valence-corrected chi connectivity index (χ4v) is 13.1. The van der Waals surface area contributed by atoms with Gasteiger partial charge in [0.2, 0.25) is 0 Å². The molecule has 0 bridgehead atoms. The van der Waals surface area contributed by atoms with E-state index >= 15 is 0 Å². The van der Waals surface area contributed by atoms with Crippen LogP contribution in [0.1, 0.15) is 70.8 Å². The first-order chi connectivity index (χ1) is 19.3. The van der Waals surface area contributed by atoms with E-state index in [1.165, 1.54) is 24.3 Å². The monoisotopic (exact) mass is 678 g/mol.